The molecule has 6 saturated carbocycles. The molecule has 8 heterocycles. The summed E-state index contributed by atoms with van der Waals surface area (Å²) in [5.74, 6) is 0.704. The van der Waals surface area contributed by atoms with Crippen LogP contribution in [0.3, 0.4) is 0 Å². The largest absolute Gasteiger partial charge is 0.508 e. The van der Waals surface area contributed by atoms with Gasteiger partial charge in [0.2, 0.25) is 0 Å². The van der Waals surface area contributed by atoms with Gasteiger partial charge < -0.3 is 84.3 Å². The first-order valence-corrected chi connectivity index (χ1v) is 50.7. The third-order valence-electron chi connectivity index (χ3n) is 28.2. The minimum atomic E-state index is -1.33. The zero-order chi connectivity index (χ0) is 104. The maximum Gasteiger partial charge on any atom is 0.411 e. The Morgan fingerprint density at radius 2 is 0.669 bits per heavy atom. The average molecular weight is 2140 g/mol. The van der Waals surface area contributed by atoms with Crippen LogP contribution in [-0.2, 0) is 100 Å². The first-order valence-electron chi connectivity index (χ1n) is 49.9. The monoisotopic (exact) mass is 2140 g/mol. The molecule has 8 aliphatic heterocycles. The van der Waals surface area contributed by atoms with Crippen molar-refractivity contribution in [3.63, 3.8) is 0 Å². The van der Waals surface area contributed by atoms with Gasteiger partial charge in [-0.05, 0) is 225 Å². The molecule has 8 N–H and O–H groups in total. The van der Waals surface area contributed by atoms with E-state index in [-0.39, 0.29) is 125 Å². The number of alkyl halides is 2. The molecule has 6 aliphatic carbocycles. The fourth-order valence-electron chi connectivity index (χ4n) is 22.6. The molecule has 14 fully saturated rings. The number of likely N-dealkylation sites (tertiary alicyclic amines) is 7. The Morgan fingerprint density at radius 1 is 0.379 bits per heavy atom. The molecular weight excluding hydrogens is 1990 g/mol. The van der Waals surface area contributed by atoms with Crippen molar-refractivity contribution in [2.45, 2.75) is 261 Å². The van der Waals surface area contributed by atoms with Crippen molar-refractivity contribution < 1.29 is 139 Å². The van der Waals surface area contributed by atoms with E-state index < -0.39 is 72.4 Å². The van der Waals surface area contributed by atoms with E-state index in [0.717, 1.165) is 115 Å². The molecule has 1 unspecified atom stereocenters. The summed E-state index contributed by atoms with van der Waals surface area (Å²) in [7, 11) is 0. The van der Waals surface area contributed by atoms with Gasteiger partial charge in [-0.1, -0.05) is 163 Å². The molecule has 8 saturated heterocycles. The van der Waals surface area contributed by atoms with Gasteiger partial charge in [0.05, 0.1) is 53.6 Å². The number of rotatable bonds is 14. The van der Waals surface area contributed by atoms with Crippen molar-refractivity contribution >= 4 is 76.8 Å². The number of halogens is 2. The van der Waals surface area contributed by atoms with Crippen LogP contribution in [0.4, 0.5) is 24.0 Å². The van der Waals surface area contributed by atoms with Gasteiger partial charge in [-0.25, -0.2) is 24.0 Å². The number of ether oxygens (including phenoxy) is 5. The summed E-state index contributed by atoms with van der Waals surface area (Å²) in [6, 6.07) is 53.8. The second-order valence-electron chi connectivity index (χ2n) is 48.8. The van der Waals surface area contributed by atoms with E-state index in [4.69, 9.17) is 46.9 Å². The Kier molecular flexibility index (Phi) is 36.2. The number of phenolic OH excluding ortho intramolecular Hbond substituents is 2. The molecule has 14 aliphatic rings. The smallest absolute Gasteiger partial charge is 0.411 e. The molecule has 1 atom stereocenters. The van der Waals surface area contributed by atoms with Crippen LogP contribution >= 0.6 is 23.2 Å². The molecule has 20 rings (SSSR count). The van der Waals surface area contributed by atoms with Crippen molar-refractivity contribution in [3.8, 4) is 11.5 Å². The van der Waals surface area contributed by atoms with E-state index in [0.29, 0.717) is 114 Å². The number of aliphatic hydroxyl groups is 5. The van der Waals surface area contributed by atoms with E-state index in [9.17, 15) is 78.9 Å². The van der Waals surface area contributed by atoms with E-state index >= 15 is 0 Å². The Hall–Kier alpha value is -8.91. The number of amides is 5. The van der Waals surface area contributed by atoms with E-state index in [2.05, 4.69) is 70.2 Å². The number of benzene rings is 6. The first-order chi connectivity index (χ1) is 66.4. The van der Waals surface area contributed by atoms with E-state index in [1.807, 2.05) is 135 Å². The SMILES string of the molecule is C=C1CN(C(=O)OC(C)(C)C)C1.CC(C)(C)OC(=O)N1CC(=O)C1.CC(C)(C)OC(=O)N1CC2(C1)CC(O)(Cc1ccccc1)C2.CC(C)(C)OC(=O)N1CC2(CC(=O)C2(Cl)Cl)C1.CC(C)(C)OC(=O)N1CC2(CC(=O)C2)C1.O=C(CN1CC2(C1)CC(O)(Cc1ccccc1)C2)c1ccc(O)cc1.OC1(Cc2ccccc2)CC2(CNC2)C1.Oc1ccc(C(O)CN2CC3(C2)CC(O)(Cc2ccccc2)C3)cc1.[Cu].[Zn]. The number of nitrogens with zero attached hydrogens (tertiary/aromatic N) is 7. The molecule has 791 valence electrons. The zero-order valence-corrected chi connectivity index (χ0v) is 92.4. The molecular formula is C112H150Cl2CuN8O21Zn. The van der Waals surface area contributed by atoms with Gasteiger partial charge in [-0.3, -0.25) is 33.9 Å². The molecule has 0 aromatic heterocycles. The first kappa shape index (κ1) is 116. The van der Waals surface area contributed by atoms with Gasteiger partial charge >= 0.3 is 30.5 Å². The number of β-amino-alcohol motifs (C(OH)–C–C–N with tert-alkyl or cyclic N) is 1. The van der Waals surface area contributed by atoms with Crippen molar-refractivity contribution in [1.29, 1.82) is 0 Å². The molecule has 29 nitrogen and oxygen atoms in total. The van der Waals surface area contributed by atoms with Crippen LogP contribution in [0.2, 0.25) is 0 Å². The minimum absolute atomic E-state index is 0. The standard InChI is InChI=1S/C21H25NO3.C21H23NO3.C18H25NO3.C13H17NO.C11H15Cl2NO3.C11H17NO3.C9H15NO2.C8H13NO3.Cu.Zn/c2*23-18-8-6-17(7-9-18)19(24)11-22-14-20(15-22)12-21(25,13-20)10-16-4-2-1-3-5-16;1-16(2,3)22-15(20)19-12-17(13-19)10-18(21,11-17)9-14-7-5-4-6-8-14;15-13(6-11-4-2-1-3-5-11)7-12(8-13)9-14-10-12;1-9(2,3)17-8(16)14-5-10(6-14)4-7(15)11(10,12)13;1-10(2,3)15-9(14)12-6-11(7-12)4-8(13)5-11;1-7-5-10(6-7)8(11)12-9(2,3)4;1-8(2,3)12-7(11)9-4-6(10)5-9;;/h1-9,19,23-25H,10-15H2;1-9,23,25H,10-15H2;4-8,21H,9-13H2,1-3H3;1-5,14-15H,6-10H2;4-6H2,1-3H3;4-7H2,1-3H3;1,5-6H2,2-4H3;4-5H2,1-3H3;;. The molecule has 6 aromatic rings. The summed E-state index contributed by atoms with van der Waals surface area (Å²) in [6.45, 7) is 43.5. The maximum absolute atomic E-state index is 12.3. The number of hydrogen-bond acceptors (Lipinski definition) is 24. The molecule has 5 amide bonds. The van der Waals surface area contributed by atoms with Gasteiger partial charge in [-0.2, -0.15) is 0 Å². The van der Waals surface area contributed by atoms with Crippen LogP contribution in [0.15, 0.2) is 182 Å². The summed E-state index contributed by atoms with van der Waals surface area (Å²) in [6.07, 6.45) is 9.35. The fourth-order valence-corrected chi connectivity index (χ4v) is 23.1. The number of aliphatic hydroxyl groups excluding tert-OH is 1. The predicted molar refractivity (Wildman–Crippen MR) is 545 cm³/mol. The number of Topliss-reactive ketones (excluding diaryl/α,β-unsaturated/α-hetero) is 4. The minimum Gasteiger partial charge on any atom is -0.508 e. The van der Waals surface area contributed by atoms with Gasteiger partial charge in [-0.15, -0.1) is 0 Å². The number of aromatic hydroxyl groups is 2. The van der Waals surface area contributed by atoms with Gasteiger partial charge in [0, 0.05) is 212 Å². The maximum atomic E-state index is 12.3. The van der Waals surface area contributed by atoms with Crippen molar-refractivity contribution in [2.24, 2.45) is 32.5 Å². The van der Waals surface area contributed by atoms with Gasteiger partial charge in [0.25, 0.3) is 0 Å². The van der Waals surface area contributed by atoms with E-state index in [1.54, 1.807) is 105 Å². The van der Waals surface area contributed by atoms with Crippen molar-refractivity contribution in [3.05, 3.63) is 215 Å². The molecule has 6 spiro atoms. The van der Waals surface area contributed by atoms with Crippen LogP contribution in [0.5, 0.6) is 11.5 Å². The number of hydrogen-bond donors (Lipinski definition) is 8. The Bertz CT molecular complexity index is 5400. The summed E-state index contributed by atoms with van der Waals surface area (Å²) in [4.78, 5) is 115. The Morgan fingerprint density at radius 3 is 0.959 bits per heavy atom. The van der Waals surface area contributed by atoms with Crippen molar-refractivity contribution in [1.82, 2.24) is 39.6 Å². The molecule has 6 aromatic carbocycles. The number of nitrogens with one attached hydrogen (secondary N) is 1. The summed E-state index contributed by atoms with van der Waals surface area (Å²) in [5.41, 5.74) is 3.52. The van der Waals surface area contributed by atoms with Gasteiger partial charge in [0.1, 0.15) is 45.3 Å². The third kappa shape index (κ3) is 31.4. The molecule has 145 heavy (non-hydrogen) atoms. The van der Waals surface area contributed by atoms with Crippen LogP contribution in [0, 0.1) is 32.5 Å². The summed E-state index contributed by atoms with van der Waals surface area (Å²) >= 11 is 11.9. The predicted octanol–water partition coefficient (Wildman–Crippen LogP) is 16.0. The number of carbonyl (C=O) groups is 9. The van der Waals surface area contributed by atoms with Gasteiger partial charge in [0.15, 0.2) is 21.7 Å². The second kappa shape index (κ2) is 45.1. The Balaban J connectivity index is 0.000000160. The third-order valence-corrected chi connectivity index (χ3v) is 29.4. The van der Waals surface area contributed by atoms with Crippen LogP contribution in [-0.4, -0.2) is 296 Å². The number of phenols is 2. The fraction of sp³-hybridized carbons (Fsp3) is 0.580. The Labute approximate surface area is 887 Å². The quantitative estimate of drug-likeness (QED) is 0.0165. The second-order valence-corrected chi connectivity index (χ2v) is 50.1. The number of carbonyl (C=O) groups excluding carboxylic acids is 9. The van der Waals surface area contributed by atoms with E-state index in [1.165, 1.54) is 32.1 Å². The zero-order valence-electron chi connectivity index (χ0n) is 87.0. The topological polar surface area (TPSA) is 376 Å². The van der Waals surface area contributed by atoms with Crippen LogP contribution in [0.25, 0.3) is 0 Å². The molecule has 1 radical (unpaired) electrons. The van der Waals surface area contributed by atoms with Crippen LogP contribution < -0.4 is 5.32 Å². The average Bonchev–Trinajstić information content (AvgIpc) is 0.674. The molecule has 0 bridgehead atoms. The number of ketones is 4. The normalized spacial score (nSPS) is 22.3. The van der Waals surface area contributed by atoms with Crippen LogP contribution in [0.1, 0.15) is 219 Å². The van der Waals surface area contributed by atoms with Crippen molar-refractivity contribution in [2.75, 3.05) is 118 Å². The summed E-state index contributed by atoms with van der Waals surface area (Å²) in [5, 5.41) is 74.7. The molecule has 33 heteroatoms. The summed E-state index contributed by atoms with van der Waals surface area (Å²) < 4.78 is 24.7.